The van der Waals surface area contributed by atoms with Crippen molar-refractivity contribution in [3.05, 3.63) is 35.9 Å². The molecular weight excluding hydrogens is 335 g/mol. The van der Waals surface area contributed by atoms with E-state index in [1.807, 2.05) is 18.2 Å². The predicted octanol–water partition coefficient (Wildman–Crippen LogP) is 0.964. The molecule has 1 amide bonds. The highest BCUT2D eigenvalue weighted by molar-refractivity contribution is 6.40. The van der Waals surface area contributed by atoms with E-state index in [1.54, 1.807) is 17.0 Å². The van der Waals surface area contributed by atoms with Crippen molar-refractivity contribution < 1.29 is 24.7 Å². The van der Waals surface area contributed by atoms with E-state index in [0.29, 0.717) is 44.3 Å². The SMILES string of the molecule is NC(CCCCB(O)O)(C(=O)O)C1CCN(C(=O)c2ccccc2)CC1. The van der Waals surface area contributed by atoms with Gasteiger partial charge in [0.05, 0.1) is 0 Å². The zero-order valence-electron chi connectivity index (χ0n) is 14.9. The van der Waals surface area contributed by atoms with Crippen molar-refractivity contribution >= 4 is 19.0 Å². The van der Waals surface area contributed by atoms with E-state index >= 15 is 0 Å². The topological polar surface area (TPSA) is 124 Å². The third-order valence-electron chi connectivity index (χ3n) is 5.23. The molecule has 7 nitrogen and oxygen atoms in total. The third kappa shape index (κ3) is 5.06. The Bertz CT molecular complexity index is 605. The van der Waals surface area contributed by atoms with E-state index < -0.39 is 18.6 Å². The molecule has 0 saturated carbocycles. The smallest absolute Gasteiger partial charge is 0.451 e. The van der Waals surface area contributed by atoms with Gasteiger partial charge in [0.1, 0.15) is 5.54 Å². The van der Waals surface area contributed by atoms with Gasteiger partial charge in [0.15, 0.2) is 0 Å². The van der Waals surface area contributed by atoms with Crippen LogP contribution >= 0.6 is 0 Å². The Morgan fingerprint density at radius 3 is 2.31 bits per heavy atom. The van der Waals surface area contributed by atoms with Crippen LogP contribution in [0.5, 0.6) is 0 Å². The first-order valence-corrected chi connectivity index (χ1v) is 9.07. The molecular formula is C18H27BN2O5. The zero-order valence-corrected chi connectivity index (χ0v) is 14.9. The van der Waals surface area contributed by atoms with Gasteiger partial charge in [0, 0.05) is 18.7 Å². The van der Waals surface area contributed by atoms with Gasteiger partial charge in [0.2, 0.25) is 0 Å². The molecule has 2 rings (SSSR count). The monoisotopic (exact) mass is 362 g/mol. The van der Waals surface area contributed by atoms with Crippen LogP contribution in [0.4, 0.5) is 0 Å². The number of carbonyl (C=O) groups excluding carboxylic acids is 1. The minimum absolute atomic E-state index is 0.0427. The van der Waals surface area contributed by atoms with Gasteiger partial charge < -0.3 is 25.8 Å². The summed E-state index contributed by atoms with van der Waals surface area (Å²) >= 11 is 0. The summed E-state index contributed by atoms with van der Waals surface area (Å²) in [6.45, 7) is 0.972. The molecule has 0 aromatic heterocycles. The Morgan fingerprint density at radius 1 is 1.15 bits per heavy atom. The lowest BCUT2D eigenvalue weighted by Crippen LogP contribution is -2.57. The van der Waals surface area contributed by atoms with Gasteiger partial charge in [-0.1, -0.05) is 31.0 Å². The summed E-state index contributed by atoms with van der Waals surface area (Å²) in [6.07, 6.45) is 2.61. The summed E-state index contributed by atoms with van der Waals surface area (Å²) in [5.74, 6) is -1.28. The number of piperidine rings is 1. The number of rotatable bonds is 8. The number of unbranched alkanes of at least 4 members (excludes halogenated alkanes) is 1. The Labute approximate surface area is 154 Å². The average molecular weight is 362 g/mol. The second-order valence-electron chi connectivity index (χ2n) is 7.00. The van der Waals surface area contributed by atoms with Crippen molar-refractivity contribution in [2.45, 2.75) is 44.0 Å². The zero-order chi connectivity index (χ0) is 19.2. The molecule has 1 atom stereocenters. The molecule has 1 fully saturated rings. The Kier molecular flexibility index (Phi) is 7.19. The van der Waals surface area contributed by atoms with Crippen LogP contribution in [0.25, 0.3) is 0 Å². The number of carboxylic acid groups (broad SMARTS) is 1. The largest absolute Gasteiger partial charge is 0.480 e. The summed E-state index contributed by atoms with van der Waals surface area (Å²) in [6, 6.07) is 9.04. The Hall–Kier alpha value is -1.90. The highest BCUT2D eigenvalue weighted by Crippen LogP contribution is 2.31. The molecule has 1 aromatic rings. The summed E-state index contributed by atoms with van der Waals surface area (Å²) in [7, 11) is -1.38. The normalized spacial score (nSPS) is 17.6. The standard InChI is InChI=1S/C18H27BN2O5/c20-18(17(23)24,10-4-5-11-19(25)26)15-8-12-21(13-9-15)16(22)14-6-2-1-3-7-14/h1-3,6-7,15,25-26H,4-5,8-13,20H2,(H,23,24). The van der Waals surface area contributed by atoms with Gasteiger partial charge in [0.25, 0.3) is 5.91 Å². The second-order valence-corrected chi connectivity index (χ2v) is 7.00. The summed E-state index contributed by atoms with van der Waals surface area (Å²) in [5.41, 5.74) is 5.52. The minimum atomic E-state index is -1.38. The molecule has 1 aliphatic heterocycles. The van der Waals surface area contributed by atoms with Crippen LogP contribution < -0.4 is 5.73 Å². The van der Waals surface area contributed by atoms with Crippen molar-refractivity contribution in [1.82, 2.24) is 4.90 Å². The first-order chi connectivity index (χ1) is 12.3. The number of aliphatic carboxylic acids is 1. The highest BCUT2D eigenvalue weighted by Gasteiger charge is 2.43. The molecule has 5 N–H and O–H groups in total. The fourth-order valence-corrected chi connectivity index (χ4v) is 3.59. The summed E-state index contributed by atoms with van der Waals surface area (Å²) < 4.78 is 0. The van der Waals surface area contributed by atoms with Crippen LogP contribution in [0.2, 0.25) is 6.32 Å². The van der Waals surface area contributed by atoms with E-state index in [2.05, 4.69) is 0 Å². The number of nitrogens with two attached hydrogens (primary N) is 1. The maximum atomic E-state index is 12.5. The van der Waals surface area contributed by atoms with Crippen LogP contribution in [-0.4, -0.2) is 57.7 Å². The quantitative estimate of drug-likeness (QED) is 0.403. The van der Waals surface area contributed by atoms with Crippen LogP contribution in [0.1, 0.15) is 42.5 Å². The Morgan fingerprint density at radius 2 is 1.77 bits per heavy atom. The first kappa shape index (κ1) is 20.4. The number of amides is 1. The molecule has 1 heterocycles. The van der Waals surface area contributed by atoms with Crippen LogP contribution in [-0.2, 0) is 4.79 Å². The number of benzene rings is 1. The number of hydrogen-bond donors (Lipinski definition) is 4. The number of carbonyl (C=O) groups is 2. The lowest BCUT2D eigenvalue weighted by atomic mass is 9.74. The molecule has 0 aliphatic carbocycles. The van der Waals surface area contributed by atoms with Gasteiger partial charge in [-0.25, -0.2) is 0 Å². The van der Waals surface area contributed by atoms with Crippen LogP contribution in [0.15, 0.2) is 30.3 Å². The average Bonchev–Trinajstić information content (AvgIpc) is 2.65. The number of carboxylic acids is 1. The molecule has 1 unspecified atom stereocenters. The van der Waals surface area contributed by atoms with Gasteiger partial charge >= 0.3 is 13.1 Å². The third-order valence-corrected chi connectivity index (χ3v) is 5.23. The van der Waals surface area contributed by atoms with Crippen molar-refractivity contribution in [2.75, 3.05) is 13.1 Å². The fraction of sp³-hybridized carbons (Fsp3) is 0.556. The molecule has 0 bridgehead atoms. The van der Waals surface area contributed by atoms with Gasteiger partial charge in [-0.2, -0.15) is 0 Å². The molecule has 142 valence electrons. The number of hydrogen-bond acceptors (Lipinski definition) is 5. The van der Waals surface area contributed by atoms with Crippen molar-refractivity contribution in [1.29, 1.82) is 0 Å². The maximum absolute atomic E-state index is 12.5. The lowest BCUT2D eigenvalue weighted by molar-refractivity contribution is -0.146. The number of likely N-dealkylation sites (tertiary alicyclic amines) is 1. The fourth-order valence-electron chi connectivity index (χ4n) is 3.59. The number of nitrogens with zero attached hydrogens (tertiary/aromatic N) is 1. The van der Waals surface area contributed by atoms with Crippen LogP contribution in [0.3, 0.4) is 0 Å². The van der Waals surface area contributed by atoms with Gasteiger partial charge in [-0.3, -0.25) is 9.59 Å². The molecule has 1 aromatic carbocycles. The van der Waals surface area contributed by atoms with Gasteiger partial charge in [-0.05, 0) is 43.6 Å². The molecule has 0 spiro atoms. The first-order valence-electron chi connectivity index (χ1n) is 9.07. The van der Waals surface area contributed by atoms with E-state index in [9.17, 15) is 14.7 Å². The van der Waals surface area contributed by atoms with Crippen molar-refractivity contribution in [2.24, 2.45) is 11.7 Å². The lowest BCUT2D eigenvalue weighted by Gasteiger charge is -2.40. The minimum Gasteiger partial charge on any atom is -0.480 e. The maximum Gasteiger partial charge on any atom is 0.451 e. The summed E-state index contributed by atoms with van der Waals surface area (Å²) in [4.78, 5) is 26.0. The Balaban J connectivity index is 1.92. The van der Waals surface area contributed by atoms with E-state index in [0.717, 1.165) is 0 Å². The van der Waals surface area contributed by atoms with E-state index in [4.69, 9.17) is 15.8 Å². The molecule has 0 radical (unpaired) electrons. The van der Waals surface area contributed by atoms with E-state index in [1.165, 1.54) is 0 Å². The molecule has 26 heavy (non-hydrogen) atoms. The van der Waals surface area contributed by atoms with Crippen molar-refractivity contribution in [3.8, 4) is 0 Å². The van der Waals surface area contributed by atoms with Gasteiger partial charge in [-0.15, -0.1) is 0 Å². The molecule has 1 aliphatic rings. The van der Waals surface area contributed by atoms with Crippen LogP contribution in [0, 0.1) is 5.92 Å². The molecule has 8 heteroatoms. The second kappa shape index (κ2) is 9.16. The van der Waals surface area contributed by atoms with Crippen molar-refractivity contribution in [3.63, 3.8) is 0 Å². The molecule has 1 saturated heterocycles. The predicted molar refractivity (Wildman–Crippen MR) is 98.5 cm³/mol. The van der Waals surface area contributed by atoms with E-state index in [-0.39, 0.29) is 24.6 Å². The highest BCUT2D eigenvalue weighted by atomic mass is 16.4. The summed E-state index contributed by atoms with van der Waals surface area (Å²) in [5, 5.41) is 27.4.